The Hall–Kier alpha value is -1.80. The number of hydrogen-bond acceptors (Lipinski definition) is 2. The van der Waals surface area contributed by atoms with E-state index in [1.54, 1.807) is 6.08 Å². The summed E-state index contributed by atoms with van der Waals surface area (Å²) < 4.78 is 0. The van der Waals surface area contributed by atoms with Crippen LogP contribution in [0, 0.1) is 34.7 Å². The lowest BCUT2D eigenvalue weighted by Gasteiger charge is -2.30. The van der Waals surface area contributed by atoms with Crippen LogP contribution in [-0.4, -0.2) is 0 Å². The van der Waals surface area contributed by atoms with Crippen molar-refractivity contribution in [2.45, 2.75) is 26.7 Å². The molecule has 0 unspecified atom stereocenters. The van der Waals surface area contributed by atoms with Crippen LogP contribution in [0.2, 0.25) is 0 Å². The molecule has 0 spiro atoms. The molecule has 1 radical (unpaired) electrons. The Morgan fingerprint density at radius 3 is 2.47 bits per heavy atom. The average molecular weight is 197 g/mol. The van der Waals surface area contributed by atoms with Crippen LogP contribution >= 0.6 is 0 Å². The Bertz CT molecular complexity index is 406. The predicted molar refractivity (Wildman–Crippen MR) is 58.2 cm³/mol. The smallest absolute Gasteiger partial charge is 0.132 e. The summed E-state index contributed by atoms with van der Waals surface area (Å²) in [7, 11) is 0. The van der Waals surface area contributed by atoms with Gasteiger partial charge in [0.2, 0.25) is 0 Å². The van der Waals surface area contributed by atoms with Crippen LogP contribution in [0.5, 0.6) is 0 Å². The summed E-state index contributed by atoms with van der Waals surface area (Å²) in [6.45, 7) is 9.70. The third kappa shape index (κ3) is 2.58. The van der Waals surface area contributed by atoms with E-state index in [-0.39, 0.29) is 11.0 Å². The van der Waals surface area contributed by atoms with Gasteiger partial charge in [-0.1, -0.05) is 32.6 Å². The van der Waals surface area contributed by atoms with Gasteiger partial charge in [0.15, 0.2) is 0 Å². The van der Waals surface area contributed by atoms with Gasteiger partial charge in [-0.15, -0.1) is 0 Å². The van der Waals surface area contributed by atoms with Crippen molar-refractivity contribution in [2.75, 3.05) is 0 Å². The first-order chi connectivity index (χ1) is 7.02. The number of nitrogens with zero attached hydrogens (tertiary/aromatic N) is 2. The van der Waals surface area contributed by atoms with E-state index >= 15 is 0 Å². The maximum absolute atomic E-state index is 8.81. The third-order valence-electron chi connectivity index (χ3n) is 2.47. The molecular formula is C13H13N2. The molecule has 0 bridgehead atoms. The van der Waals surface area contributed by atoms with Crippen LogP contribution < -0.4 is 0 Å². The first-order valence-corrected chi connectivity index (χ1v) is 4.81. The van der Waals surface area contributed by atoms with Gasteiger partial charge in [-0.05, 0) is 29.4 Å². The molecule has 0 fully saturated rings. The minimum atomic E-state index is 0.0637. The van der Waals surface area contributed by atoms with Gasteiger partial charge >= 0.3 is 0 Å². The van der Waals surface area contributed by atoms with Crippen LogP contribution in [0.15, 0.2) is 28.9 Å². The van der Waals surface area contributed by atoms with Gasteiger partial charge in [0, 0.05) is 0 Å². The molecule has 0 aliphatic heterocycles. The zero-order chi connectivity index (χ0) is 11.5. The van der Waals surface area contributed by atoms with Gasteiger partial charge < -0.3 is 0 Å². The Labute approximate surface area is 90.8 Å². The molecule has 2 heteroatoms. The highest BCUT2D eigenvalue weighted by Crippen LogP contribution is 2.39. The van der Waals surface area contributed by atoms with Crippen molar-refractivity contribution in [1.82, 2.24) is 0 Å². The first kappa shape index (κ1) is 11.3. The van der Waals surface area contributed by atoms with Crippen LogP contribution in [0.4, 0.5) is 0 Å². The fourth-order valence-corrected chi connectivity index (χ4v) is 1.89. The lowest BCUT2D eigenvalue weighted by molar-refractivity contribution is 0.354. The van der Waals surface area contributed by atoms with Crippen molar-refractivity contribution in [1.29, 1.82) is 10.5 Å². The van der Waals surface area contributed by atoms with E-state index in [0.717, 1.165) is 24.0 Å². The predicted octanol–water partition coefficient (Wildman–Crippen LogP) is 3.07. The molecule has 1 rings (SSSR count). The van der Waals surface area contributed by atoms with E-state index in [1.807, 2.05) is 18.2 Å². The number of nitriles is 2. The summed E-state index contributed by atoms with van der Waals surface area (Å²) in [6, 6.07) is 3.85. The second-order valence-electron chi connectivity index (χ2n) is 4.53. The van der Waals surface area contributed by atoms with E-state index in [2.05, 4.69) is 13.8 Å². The summed E-state index contributed by atoms with van der Waals surface area (Å²) in [6.07, 6.45) is 5.04. The van der Waals surface area contributed by atoms with E-state index in [4.69, 9.17) is 17.1 Å². The molecule has 0 saturated carbocycles. The molecule has 15 heavy (non-hydrogen) atoms. The number of allylic oxidation sites excluding steroid dienone is 5. The molecule has 2 nitrogen and oxygen atoms in total. The molecule has 75 valence electrons. The molecule has 0 amide bonds. The molecular weight excluding hydrogens is 184 g/mol. The minimum absolute atomic E-state index is 0.0637. The summed E-state index contributed by atoms with van der Waals surface area (Å²) in [5.74, 6) is 0. The average Bonchev–Trinajstić information content (AvgIpc) is 2.17. The highest BCUT2D eigenvalue weighted by Gasteiger charge is 2.26. The fourth-order valence-electron chi connectivity index (χ4n) is 1.89. The highest BCUT2D eigenvalue weighted by atomic mass is 14.3. The molecule has 1 aliphatic rings. The Balaban J connectivity index is 3.24. The Morgan fingerprint density at radius 1 is 1.40 bits per heavy atom. The van der Waals surface area contributed by atoms with Crippen molar-refractivity contribution in [2.24, 2.45) is 5.41 Å². The van der Waals surface area contributed by atoms with E-state index < -0.39 is 0 Å². The lowest BCUT2D eigenvalue weighted by atomic mass is 9.74. The number of rotatable bonds is 1. The molecule has 0 saturated heterocycles. The van der Waals surface area contributed by atoms with Gasteiger partial charge in [0.25, 0.3) is 0 Å². The van der Waals surface area contributed by atoms with Crippen molar-refractivity contribution >= 4 is 0 Å². The highest BCUT2D eigenvalue weighted by molar-refractivity contribution is 5.48. The van der Waals surface area contributed by atoms with Crippen molar-refractivity contribution in [3.8, 4) is 12.1 Å². The Kier molecular flexibility index (Phi) is 3.12. The summed E-state index contributed by atoms with van der Waals surface area (Å²) in [5, 5.41) is 17.6. The summed E-state index contributed by atoms with van der Waals surface area (Å²) in [5.41, 5.74) is 2.05. The van der Waals surface area contributed by atoms with Crippen molar-refractivity contribution < 1.29 is 0 Å². The standard InChI is InChI=1S/C13H13N2/c1-4-10-5-11(12(8-14)9-15)7-13(2,3)6-10/h1,4-5H,6-7H2,2-3H3. The summed E-state index contributed by atoms with van der Waals surface area (Å²) >= 11 is 0. The molecule has 0 aromatic heterocycles. The first-order valence-electron chi connectivity index (χ1n) is 4.81. The van der Waals surface area contributed by atoms with Gasteiger partial charge in [0.05, 0.1) is 0 Å². The van der Waals surface area contributed by atoms with Gasteiger partial charge in [0.1, 0.15) is 17.7 Å². The molecule has 0 atom stereocenters. The van der Waals surface area contributed by atoms with Crippen LogP contribution in [0.3, 0.4) is 0 Å². The monoisotopic (exact) mass is 197 g/mol. The molecule has 0 N–H and O–H groups in total. The van der Waals surface area contributed by atoms with Crippen LogP contribution in [0.25, 0.3) is 0 Å². The largest absolute Gasteiger partial charge is 0.192 e. The zero-order valence-corrected chi connectivity index (χ0v) is 9.04. The molecule has 0 aromatic carbocycles. The topological polar surface area (TPSA) is 47.6 Å². The van der Waals surface area contributed by atoms with Crippen molar-refractivity contribution in [3.63, 3.8) is 0 Å². The van der Waals surface area contributed by atoms with Crippen LogP contribution in [-0.2, 0) is 0 Å². The maximum atomic E-state index is 8.81. The van der Waals surface area contributed by atoms with Crippen molar-refractivity contribution in [3.05, 3.63) is 35.5 Å². The second-order valence-corrected chi connectivity index (χ2v) is 4.53. The minimum Gasteiger partial charge on any atom is -0.192 e. The molecule has 0 aromatic rings. The van der Waals surface area contributed by atoms with Gasteiger partial charge in [-0.3, -0.25) is 0 Å². The second kappa shape index (κ2) is 4.15. The quantitative estimate of drug-likeness (QED) is 0.606. The van der Waals surface area contributed by atoms with Gasteiger partial charge in [-0.25, -0.2) is 0 Å². The van der Waals surface area contributed by atoms with E-state index in [0.29, 0.717) is 0 Å². The lowest BCUT2D eigenvalue weighted by Crippen LogP contribution is -2.17. The zero-order valence-electron chi connectivity index (χ0n) is 9.04. The fraction of sp³-hybridized carbons (Fsp3) is 0.385. The Morgan fingerprint density at radius 2 is 2.00 bits per heavy atom. The van der Waals surface area contributed by atoms with Crippen LogP contribution in [0.1, 0.15) is 26.7 Å². The van der Waals surface area contributed by atoms with Gasteiger partial charge in [-0.2, -0.15) is 10.5 Å². The molecule has 0 heterocycles. The van der Waals surface area contributed by atoms with E-state index in [9.17, 15) is 0 Å². The normalized spacial score (nSPS) is 18.4. The third-order valence-corrected chi connectivity index (χ3v) is 2.47. The SMILES string of the molecule is [CH]=CC1=CC(=C(C#N)C#N)CC(C)(C)C1. The maximum Gasteiger partial charge on any atom is 0.132 e. The van der Waals surface area contributed by atoms with E-state index in [1.165, 1.54) is 0 Å². The summed E-state index contributed by atoms with van der Waals surface area (Å²) in [4.78, 5) is 0. The number of hydrogen-bond donors (Lipinski definition) is 0. The molecule has 1 aliphatic carbocycles.